The minimum absolute atomic E-state index is 0.0923. The highest BCUT2D eigenvalue weighted by molar-refractivity contribution is 6.08. The first-order valence-electron chi connectivity index (χ1n) is 8.91. The van der Waals surface area contributed by atoms with E-state index in [1.807, 2.05) is 19.1 Å². The van der Waals surface area contributed by atoms with Gasteiger partial charge in [-0.2, -0.15) is 5.26 Å². The van der Waals surface area contributed by atoms with Gasteiger partial charge in [-0.15, -0.1) is 0 Å². The van der Waals surface area contributed by atoms with Crippen molar-refractivity contribution >= 4 is 23.2 Å². The number of hydrogen-bond donors (Lipinski definition) is 2. The van der Waals surface area contributed by atoms with Crippen molar-refractivity contribution in [1.82, 2.24) is 4.98 Å². The molecule has 0 spiro atoms. The highest BCUT2D eigenvalue weighted by Gasteiger charge is 2.14. The Morgan fingerprint density at radius 3 is 2.66 bits per heavy atom. The van der Waals surface area contributed by atoms with Crippen molar-refractivity contribution in [3.8, 4) is 11.8 Å². The topological polar surface area (TPSA) is 104 Å². The summed E-state index contributed by atoms with van der Waals surface area (Å²) in [5.74, 6) is -0.320. The summed E-state index contributed by atoms with van der Waals surface area (Å²) < 4.78 is 5.50. The third kappa shape index (κ3) is 4.96. The minimum Gasteiger partial charge on any atom is -0.492 e. The summed E-state index contributed by atoms with van der Waals surface area (Å²) in [6.45, 7) is 2.32. The van der Waals surface area contributed by atoms with Gasteiger partial charge in [-0.3, -0.25) is 14.6 Å². The number of pyridine rings is 1. The molecule has 7 nitrogen and oxygen atoms in total. The zero-order valence-electron chi connectivity index (χ0n) is 15.7. The molecule has 0 aliphatic heterocycles. The van der Waals surface area contributed by atoms with Gasteiger partial charge in [0.05, 0.1) is 23.9 Å². The summed E-state index contributed by atoms with van der Waals surface area (Å²) in [7, 11) is 0. The molecule has 0 saturated heterocycles. The van der Waals surface area contributed by atoms with E-state index in [0.29, 0.717) is 29.3 Å². The van der Waals surface area contributed by atoms with Gasteiger partial charge in [0, 0.05) is 17.4 Å². The molecule has 3 rings (SSSR count). The molecule has 3 aromatic rings. The lowest BCUT2D eigenvalue weighted by atomic mass is 10.1. The Kier molecular flexibility index (Phi) is 6.18. The van der Waals surface area contributed by atoms with E-state index in [9.17, 15) is 9.59 Å². The van der Waals surface area contributed by atoms with Crippen LogP contribution in [0.3, 0.4) is 0 Å². The van der Waals surface area contributed by atoms with Gasteiger partial charge in [0.2, 0.25) is 0 Å². The van der Waals surface area contributed by atoms with Crippen LogP contribution in [0.15, 0.2) is 66.9 Å². The van der Waals surface area contributed by atoms with Crippen molar-refractivity contribution in [2.45, 2.75) is 6.92 Å². The molecular weight excluding hydrogens is 368 g/mol. The molecule has 2 N–H and O–H groups in total. The Balaban J connectivity index is 1.76. The third-order valence-electron chi connectivity index (χ3n) is 3.94. The normalized spacial score (nSPS) is 9.93. The number of aromatic nitrogens is 1. The van der Waals surface area contributed by atoms with Gasteiger partial charge in [-0.25, -0.2) is 0 Å². The molecule has 0 fully saturated rings. The van der Waals surface area contributed by atoms with Crippen LogP contribution in [0.4, 0.5) is 11.4 Å². The summed E-state index contributed by atoms with van der Waals surface area (Å²) in [5.41, 5.74) is 1.80. The van der Waals surface area contributed by atoms with Crippen molar-refractivity contribution in [2.24, 2.45) is 0 Å². The molecule has 2 aromatic carbocycles. The van der Waals surface area contributed by atoms with E-state index in [4.69, 9.17) is 10.00 Å². The standard InChI is InChI=1S/C22H18N4O3/c1-2-29-20-9-4-3-8-18(20)26-22(28)19-13-16(10-11-24-19)21(27)25-17-7-5-6-15(12-17)14-23/h3-13H,2H2,1H3,(H,25,27)(H,26,28). The van der Waals surface area contributed by atoms with E-state index in [0.717, 1.165) is 0 Å². The lowest BCUT2D eigenvalue weighted by molar-refractivity contribution is 0.102. The van der Waals surface area contributed by atoms with Gasteiger partial charge in [0.1, 0.15) is 11.4 Å². The molecule has 7 heteroatoms. The smallest absolute Gasteiger partial charge is 0.274 e. The lowest BCUT2D eigenvalue weighted by Crippen LogP contribution is -2.17. The largest absolute Gasteiger partial charge is 0.492 e. The zero-order chi connectivity index (χ0) is 20.6. The zero-order valence-corrected chi connectivity index (χ0v) is 15.7. The van der Waals surface area contributed by atoms with Crippen molar-refractivity contribution < 1.29 is 14.3 Å². The predicted octanol–water partition coefficient (Wildman–Crippen LogP) is 3.86. The van der Waals surface area contributed by atoms with Gasteiger partial charge in [-0.05, 0) is 49.4 Å². The van der Waals surface area contributed by atoms with Gasteiger partial charge >= 0.3 is 0 Å². The summed E-state index contributed by atoms with van der Waals surface area (Å²) in [4.78, 5) is 29.2. The van der Waals surface area contributed by atoms with E-state index in [2.05, 4.69) is 15.6 Å². The number of benzene rings is 2. The predicted molar refractivity (Wildman–Crippen MR) is 109 cm³/mol. The monoisotopic (exact) mass is 386 g/mol. The third-order valence-corrected chi connectivity index (χ3v) is 3.94. The molecule has 0 aliphatic rings. The maximum absolute atomic E-state index is 12.6. The highest BCUT2D eigenvalue weighted by Crippen LogP contribution is 2.24. The molecule has 0 aliphatic carbocycles. The first-order chi connectivity index (χ1) is 14.1. The first-order valence-corrected chi connectivity index (χ1v) is 8.91. The average Bonchev–Trinajstić information content (AvgIpc) is 2.75. The number of hydrogen-bond acceptors (Lipinski definition) is 5. The number of nitrogens with zero attached hydrogens (tertiary/aromatic N) is 2. The quantitative estimate of drug-likeness (QED) is 0.669. The maximum Gasteiger partial charge on any atom is 0.274 e. The van der Waals surface area contributed by atoms with E-state index >= 15 is 0 Å². The van der Waals surface area contributed by atoms with E-state index in [-0.39, 0.29) is 11.3 Å². The number of anilines is 2. The second-order valence-corrected chi connectivity index (χ2v) is 5.96. The van der Waals surface area contributed by atoms with Crippen molar-refractivity contribution in [3.05, 3.63) is 83.7 Å². The van der Waals surface area contributed by atoms with Gasteiger partial charge in [0.15, 0.2) is 0 Å². The number of ether oxygens (including phenoxy) is 1. The fourth-order valence-corrected chi connectivity index (χ4v) is 2.60. The van der Waals surface area contributed by atoms with Crippen LogP contribution in [0.5, 0.6) is 5.75 Å². The number of carbonyl (C=O) groups excluding carboxylic acids is 2. The van der Waals surface area contributed by atoms with E-state index in [1.165, 1.54) is 18.3 Å². The fraction of sp³-hybridized carbons (Fsp3) is 0.0909. The van der Waals surface area contributed by atoms with Gasteiger partial charge in [0.25, 0.3) is 11.8 Å². The molecule has 1 aromatic heterocycles. The Morgan fingerprint density at radius 2 is 1.86 bits per heavy atom. The van der Waals surface area contributed by atoms with Gasteiger partial charge in [-0.1, -0.05) is 18.2 Å². The first kappa shape index (κ1) is 19.6. The van der Waals surface area contributed by atoms with Crippen molar-refractivity contribution in [2.75, 3.05) is 17.2 Å². The summed E-state index contributed by atoms with van der Waals surface area (Å²) >= 11 is 0. The molecule has 0 atom stereocenters. The van der Waals surface area contributed by atoms with Crippen LogP contribution in [0.25, 0.3) is 0 Å². The fourth-order valence-electron chi connectivity index (χ4n) is 2.60. The van der Waals surface area contributed by atoms with E-state index < -0.39 is 11.8 Å². The number of para-hydroxylation sites is 2. The molecule has 2 amide bonds. The number of nitriles is 1. The Labute approximate surface area is 168 Å². The van der Waals surface area contributed by atoms with Crippen molar-refractivity contribution in [3.63, 3.8) is 0 Å². The molecule has 0 unspecified atom stereocenters. The summed E-state index contributed by atoms with van der Waals surface area (Å²) in [6, 6.07) is 18.6. The molecule has 144 valence electrons. The molecule has 29 heavy (non-hydrogen) atoms. The number of rotatable bonds is 6. The summed E-state index contributed by atoms with van der Waals surface area (Å²) in [6.07, 6.45) is 1.39. The maximum atomic E-state index is 12.6. The second-order valence-electron chi connectivity index (χ2n) is 5.96. The van der Waals surface area contributed by atoms with Crippen LogP contribution in [-0.2, 0) is 0 Å². The molecule has 0 radical (unpaired) electrons. The van der Waals surface area contributed by atoms with Crippen LogP contribution >= 0.6 is 0 Å². The molecular formula is C22H18N4O3. The average molecular weight is 386 g/mol. The van der Waals surface area contributed by atoms with Crippen LogP contribution in [0.1, 0.15) is 33.3 Å². The Morgan fingerprint density at radius 1 is 1.03 bits per heavy atom. The number of nitrogens with one attached hydrogen (secondary N) is 2. The second kappa shape index (κ2) is 9.15. The van der Waals surface area contributed by atoms with Crippen LogP contribution < -0.4 is 15.4 Å². The number of amides is 2. The SMILES string of the molecule is CCOc1ccccc1NC(=O)c1cc(C(=O)Nc2cccc(C#N)c2)ccn1. The molecule has 0 bridgehead atoms. The van der Waals surface area contributed by atoms with Crippen molar-refractivity contribution in [1.29, 1.82) is 5.26 Å². The Bertz CT molecular complexity index is 1090. The lowest BCUT2D eigenvalue weighted by Gasteiger charge is -2.11. The molecule has 0 saturated carbocycles. The molecule has 1 heterocycles. The Hall–Kier alpha value is -4.18. The van der Waals surface area contributed by atoms with Crippen LogP contribution in [-0.4, -0.2) is 23.4 Å². The highest BCUT2D eigenvalue weighted by atomic mass is 16.5. The minimum atomic E-state index is -0.460. The van der Waals surface area contributed by atoms with Crippen LogP contribution in [0.2, 0.25) is 0 Å². The summed E-state index contributed by atoms with van der Waals surface area (Å²) in [5, 5.41) is 14.4. The van der Waals surface area contributed by atoms with Gasteiger partial charge < -0.3 is 15.4 Å². The van der Waals surface area contributed by atoms with Crippen LogP contribution in [0, 0.1) is 11.3 Å². The number of carbonyl (C=O) groups is 2. The van der Waals surface area contributed by atoms with E-state index in [1.54, 1.807) is 42.5 Å².